The third-order valence-corrected chi connectivity index (χ3v) is 16.9. The van der Waals surface area contributed by atoms with Gasteiger partial charge in [-0.15, -0.1) is 0 Å². The molecule has 3 saturated heterocycles. The van der Waals surface area contributed by atoms with Crippen LogP contribution in [0.4, 0.5) is 22.4 Å². The predicted molar refractivity (Wildman–Crippen MR) is 270 cm³/mol. The smallest absolute Gasteiger partial charge is 0.329 e. The second-order valence-electron chi connectivity index (χ2n) is 21.2. The fraction of sp³-hybridized carbons (Fsp3) is 0.527. The van der Waals surface area contributed by atoms with Gasteiger partial charge in [0.05, 0.1) is 12.2 Å². The first-order chi connectivity index (χ1) is 36.1. The number of urea groups is 1. The molecule has 5 amide bonds. The van der Waals surface area contributed by atoms with Crippen LogP contribution in [0.2, 0.25) is 0 Å². The number of nitrogens with zero attached hydrogens (tertiary/aromatic N) is 6. The van der Waals surface area contributed by atoms with E-state index >= 15 is 17.6 Å². The topological polar surface area (TPSA) is 195 Å². The predicted octanol–water partition coefficient (Wildman–Crippen LogP) is 6.37. The number of nitrogens with one attached hydrogen (secondary N) is 2. The van der Waals surface area contributed by atoms with E-state index in [-0.39, 0.29) is 82.8 Å². The third-order valence-electron chi connectivity index (χ3n) is 16.9. The number of fused-ring (bicyclic) bond motifs is 2. The number of pyridine rings is 1. The van der Waals surface area contributed by atoms with Gasteiger partial charge < -0.3 is 35.4 Å². The first kappa shape index (κ1) is 52.1. The Bertz CT molecular complexity index is 2830. The molecule has 0 bridgehead atoms. The second kappa shape index (κ2) is 21.3. The van der Waals surface area contributed by atoms with Gasteiger partial charge in [0, 0.05) is 98.6 Å². The highest BCUT2D eigenvalue weighted by atomic mass is 19.1. The first-order valence-corrected chi connectivity index (χ1v) is 26.3. The molecule has 6 heterocycles. The van der Waals surface area contributed by atoms with Crippen molar-refractivity contribution in [1.82, 2.24) is 35.3 Å². The molecule has 4 unspecified atom stereocenters. The Morgan fingerprint density at radius 1 is 0.987 bits per heavy atom. The Morgan fingerprint density at radius 2 is 1.71 bits per heavy atom. The Balaban J connectivity index is 0.731. The monoisotopic (exact) mass is 1040 g/mol. The van der Waals surface area contributed by atoms with Crippen molar-refractivity contribution >= 4 is 29.6 Å². The molecule has 400 valence electrons. The number of likely N-dealkylation sites (N-methyl/N-ethyl adjacent to an activating group) is 1. The number of carbonyl (C=O) groups is 4. The number of piperidine rings is 2. The maximum atomic E-state index is 16.5. The number of aliphatic hydroxyl groups is 1. The minimum atomic E-state index is -1.63. The summed E-state index contributed by atoms with van der Waals surface area (Å²) < 4.78 is 76.9. The molecule has 5 N–H and O–H groups in total. The van der Waals surface area contributed by atoms with Crippen LogP contribution in [-0.2, 0) is 15.2 Å². The second-order valence-corrected chi connectivity index (χ2v) is 21.2. The lowest BCUT2D eigenvalue weighted by Crippen LogP contribution is -2.52. The number of amidine groups is 1. The van der Waals surface area contributed by atoms with Gasteiger partial charge in [-0.05, 0) is 106 Å². The number of allylic oxidation sites excluding steroid dienone is 2. The summed E-state index contributed by atoms with van der Waals surface area (Å²) in [5.74, 6) is -4.03. The molecule has 0 radical (unpaired) electrons. The molecule has 3 aromatic rings. The summed E-state index contributed by atoms with van der Waals surface area (Å²) in [6, 6.07) is 9.41. The average molecular weight is 1040 g/mol. The van der Waals surface area contributed by atoms with Crippen molar-refractivity contribution in [1.29, 1.82) is 0 Å². The van der Waals surface area contributed by atoms with Crippen LogP contribution in [0.15, 0.2) is 70.7 Å². The quantitative estimate of drug-likeness (QED) is 0.139. The molecular formula is C55H65F4N9O7. The van der Waals surface area contributed by atoms with Crippen molar-refractivity contribution in [3.63, 3.8) is 0 Å². The third kappa shape index (κ3) is 9.77. The number of amides is 5. The van der Waals surface area contributed by atoms with Gasteiger partial charge in [-0.25, -0.2) is 27.3 Å². The van der Waals surface area contributed by atoms with Crippen LogP contribution in [0.25, 0.3) is 11.1 Å². The van der Waals surface area contributed by atoms with E-state index in [2.05, 4.69) is 25.6 Å². The van der Waals surface area contributed by atoms with Gasteiger partial charge in [0.1, 0.15) is 30.0 Å². The standard InChI is InChI=1S/C55H65F4N9O7/c1-30-39(56)26-41-44(43(30)46-38(50(60)71)27-61-52(48(46)59)74-24-23-69)31(2)55(75-41,35-7-5-4-6-8-35)29-62-36-11-9-34(10-12-36)53(72)67-20-13-32(14-21-67)28-66-18-15-33(16-19-66)45-40(57)25-37-49(47(45)58)65(3)64-51(37)68-22-17-42(70)63-54(68)73/h4-8,25-27,31-34,36,47,49,62,69H,9-24,28-29H2,1-3H3,(H2,60,71)(H,63,70,73). The van der Waals surface area contributed by atoms with E-state index in [0.29, 0.717) is 75.5 Å². The molecule has 1 saturated carbocycles. The summed E-state index contributed by atoms with van der Waals surface area (Å²) in [6.07, 6.45) is 6.78. The van der Waals surface area contributed by atoms with Gasteiger partial charge in [0.15, 0.2) is 23.4 Å². The van der Waals surface area contributed by atoms with Gasteiger partial charge in [0.2, 0.25) is 11.8 Å². The number of nitrogens with two attached hydrogens (primary N) is 1. The summed E-state index contributed by atoms with van der Waals surface area (Å²) in [6.45, 7) is 6.82. The number of aromatic nitrogens is 1. The van der Waals surface area contributed by atoms with Gasteiger partial charge in [-0.2, -0.15) is 5.10 Å². The number of imide groups is 1. The molecule has 75 heavy (non-hydrogen) atoms. The van der Waals surface area contributed by atoms with E-state index in [1.54, 1.807) is 7.05 Å². The molecular weight excluding hydrogens is 975 g/mol. The Kier molecular flexibility index (Phi) is 14.8. The van der Waals surface area contributed by atoms with Crippen LogP contribution in [0.1, 0.15) is 97.7 Å². The molecule has 20 heteroatoms. The number of hydrogen-bond donors (Lipinski definition) is 4. The first-order valence-electron chi connectivity index (χ1n) is 26.3. The van der Waals surface area contributed by atoms with Crippen LogP contribution < -0.4 is 25.8 Å². The largest absolute Gasteiger partial charge is 0.480 e. The highest BCUT2D eigenvalue weighted by Crippen LogP contribution is 2.56. The van der Waals surface area contributed by atoms with Crippen LogP contribution >= 0.6 is 0 Å². The van der Waals surface area contributed by atoms with Crippen LogP contribution in [0, 0.1) is 36.3 Å². The number of benzene rings is 2. The van der Waals surface area contributed by atoms with Crippen molar-refractivity contribution in [2.45, 2.75) is 101 Å². The SMILES string of the molecule is Cc1c(F)cc2c(c1-c1c(C(N)=O)cnc(OCCO)c1F)C(C)C(CNC1CCC(C(=O)N3CCC(CN4CCC(C5=C(F)C=C6C(N7CCC(=O)NC7=O)=NN(C)C6C5F)CC4)CC3)CC1)(c1ccccc1)O2. The molecule has 4 atom stereocenters. The lowest BCUT2D eigenvalue weighted by atomic mass is 9.76. The molecule has 5 aliphatic heterocycles. The number of alkyl halides is 1. The van der Waals surface area contributed by atoms with Crippen LogP contribution in [0.5, 0.6) is 11.6 Å². The minimum Gasteiger partial charge on any atom is -0.480 e. The average Bonchev–Trinajstić information content (AvgIpc) is 3.88. The highest BCUT2D eigenvalue weighted by molar-refractivity contribution is 6.13. The zero-order valence-corrected chi connectivity index (χ0v) is 42.6. The molecule has 2 aromatic carbocycles. The molecule has 16 nitrogen and oxygen atoms in total. The van der Waals surface area contributed by atoms with Crippen molar-refractivity contribution in [3.05, 3.63) is 99.5 Å². The maximum Gasteiger partial charge on any atom is 0.329 e. The Labute approximate surface area is 433 Å². The summed E-state index contributed by atoms with van der Waals surface area (Å²) in [5, 5.41) is 21.2. The minimum absolute atomic E-state index is 0.0528. The lowest BCUT2D eigenvalue weighted by molar-refractivity contribution is -0.138. The van der Waals surface area contributed by atoms with E-state index < -0.39 is 71.5 Å². The van der Waals surface area contributed by atoms with Gasteiger partial charge in [-0.1, -0.05) is 37.3 Å². The molecule has 0 spiro atoms. The number of hydrogen-bond acceptors (Lipinski definition) is 12. The van der Waals surface area contributed by atoms with E-state index in [0.717, 1.165) is 44.0 Å². The number of primary amides is 1. The number of aliphatic hydroxyl groups excluding tert-OH is 1. The zero-order chi connectivity index (χ0) is 52.9. The van der Waals surface area contributed by atoms with E-state index in [1.165, 1.54) is 29.0 Å². The van der Waals surface area contributed by atoms with Crippen LogP contribution in [0.3, 0.4) is 0 Å². The van der Waals surface area contributed by atoms with Crippen molar-refractivity contribution in [2.75, 3.05) is 66.1 Å². The van der Waals surface area contributed by atoms with Crippen molar-refractivity contribution in [3.8, 4) is 22.8 Å². The molecule has 10 rings (SSSR count). The number of rotatable bonds is 13. The fourth-order valence-corrected chi connectivity index (χ4v) is 12.8. The van der Waals surface area contributed by atoms with Crippen molar-refractivity contribution in [2.24, 2.45) is 28.6 Å². The summed E-state index contributed by atoms with van der Waals surface area (Å²) in [4.78, 5) is 60.7. The van der Waals surface area contributed by atoms with E-state index in [4.69, 9.17) is 15.2 Å². The Morgan fingerprint density at radius 3 is 2.39 bits per heavy atom. The number of hydrazone groups is 1. The van der Waals surface area contributed by atoms with Gasteiger partial charge in [0.25, 0.3) is 11.8 Å². The number of halogens is 4. The summed E-state index contributed by atoms with van der Waals surface area (Å²) in [7, 11) is 1.62. The van der Waals surface area contributed by atoms with Gasteiger partial charge in [-0.3, -0.25) is 29.6 Å². The maximum absolute atomic E-state index is 16.5. The number of likely N-dealkylation sites (tertiary alicyclic amines) is 2. The molecule has 4 fully saturated rings. The Hall–Kier alpha value is -6.38. The number of carbonyl (C=O) groups excluding carboxylic acids is 4. The highest BCUT2D eigenvalue weighted by Gasteiger charge is 2.51. The molecule has 1 aromatic heterocycles. The lowest BCUT2D eigenvalue weighted by Gasteiger charge is -2.41. The summed E-state index contributed by atoms with van der Waals surface area (Å²) in [5.41, 5.74) is 6.15. The van der Waals surface area contributed by atoms with Crippen molar-refractivity contribution < 1.29 is 51.3 Å². The van der Waals surface area contributed by atoms with E-state index in [9.17, 15) is 24.3 Å². The number of ether oxygens (including phenoxy) is 2. The van der Waals surface area contributed by atoms with E-state index in [1.807, 2.05) is 42.2 Å². The molecule has 7 aliphatic rings. The van der Waals surface area contributed by atoms with Gasteiger partial charge >= 0.3 is 6.03 Å². The normalized spacial score (nSPS) is 26.7. The zero-order valence-electron chi connectivity index (χ0n) is 42.6. The molecule has 2 aliphatic carbocycles. The van der Waals surface area contributed by atoms with Crippen LogP contribution in [-0.4, -0.2) is 144 Å². The summed E-state index contributed by atoms with van der Waals surface area (Å²) >= 11 is 0. The fourth-order valence-electron chi connectivity index (χ4n) is 12.8.